The van der Waals surface area contributed by atoms with Gasteiger partial charge < -0.3 is 8.83 Å². The lowest BCUT2D eigenvalue weighted by Gasteiger charge is -2.09. The summed E-state index contributed by atoms with van der Waals surface area (Å²) in [6.07, 6.45) is 0. The van der Waals surface area contributed by atoms with Crippen molar-refractivity contribution in [3.63, 3.8) is 0 Å². The first-order valence-electron chi connectivity index (χ1n) is 21.2. The standard InChI is InChI=1S/C45H27N3O2/c1-3-11-28(12-4-1)29-21-23-31(24-22-29)43-46-44(48-45(47-43)37-18-9-17-35-34-15-7-8-19-38(34)50-42(35)37)32-25-26-36-40(27-32)49-39-20-10-16-33(41(36)39)30-13-5-2-6-14-30/h1-27H/i2D,5D,6D,10D,13D,14D,16D,20D,25D,26D,27D. The van der Waals surface area contributed by atoms with Crippen LogP contribution in [0, 0.1) is 0 Å². The van der Waals surface area contributed by atoms with E-state index in [9.17, 15) is 4.11 Å². The van der Waals surface area contributed by atoms with E-state index in [1.54, 1.807) is 6.07 Å². The molecule has 0 aliphatic heterocycles. The van der Waals surface area contributed by atoms with E-state index in [4.69, 9.17) is 34.8 Å². The van der Waals surface area contributed by atoms with Gasteiger partial charge in [0.2, 0.25) is 0 Å². The van der Waals surface area contributed by atoms with Crippen LogP contribution in [-0.2, 0) is 0 Å². The Bertz CT molecular complexity index is 3470. The van der Waals surface area contributed by atoms with Gasteiger partial charge in [-0.05, 0) is 52.5 Å². The molecule has 5 nitrogen and oxygen atoms in total. The van der Waals surface area contributed by atoms with E-state index in [0.29, 0.717) is 22.3 Å². The number of benzene rings is 7. The molecule has 0 atom stereocenters. The Labute approximate surface area is 302 Å². The van der Waals surface area contributed by atoms with E-state index >= 15 is 0 Å². The summed E-state index contributed by atoms with van der Waals surface area (Å²) in [6, 6.07) is 23.7. The molecule has 0 aliphatic carbocycles. The molecule has 50 heavy (non-hydrogen) atoms. The zero-order valence-corrected chi connectivity index (χ0v) is 25.9. The minimum atomic E-state index is -0.692. The normalized spacial score (nSPS) is 14.7. The zero-order valence-electron chi connectivity index (χ0n) is 36.9. The summed E-state index contributed by atoms with van der Waals surface area (Å²) < 4.78 is 109. The minimum absolute atomic E-state index is 0.148. The van der Waals surface area contributed by atoms with Gasteiger partial charge in [-0.3, -0.25) is 0 Å². The molecular formula is C45H27N3O2. The van der Waals surface area contributed by atoms with E-state index in [-0.39, 0.29) is 50.5 Å². The Kier molecular flexibility index (Phi) is 4.38. The van der Waals surface area contributed by atoms with Gasteiger partial charge in [-0.25, -0.2) is 15.0 Å². The number of hydrogen-bond acceptors (Lipinski definition) is 5. The van der Waals surface area contributed by atoms with Crippen LogP contribution >= 0.6 is 0 Å². The Morgan fingerprint density at radius 3 is 1.98 bits per heavy atom. The van der Waals surface area contributed by atoms with Crippen molar-refractivity contribution in [3.05, 3.63) is 164 Å². The van der Waals surface area contributed by atoms with Crippen LogP contribution in [0.15, 0.2) is 172 Å². The monoisotopic (exact) mass is 652 g/mol. The summed E-state index contributed by atoms with van der Waals surface area (Å²) in [4.78, 5) is 14.5. The molecule has 0 saturated carbocycles. The Morgan fingerprint density at radius 2 is 1.12 bits per heavy atom. The van der Waals surface area contributed by atoms with Gasteiger partial charge in [0.15, 0.2) is 17.5 Å². The Morgan fingerprint density at radius 1 is 0.400 bits per heavy atom. The third-order valence-electron chi connectivity index (χ3n) is 8.58. The topological polar surface area (TPSA) is 65.0 Å². The maximum Gasteiger partial charge on any atom is 0.167 e. The molecule has 0 N–H and O–H groups in total. The summed E-state index contributed by atoms with van der Waals surface area (Å²) >= 11 is 0. The Hall–Kier alpha value is -6.85. The SMILES string of the molecule is [2H]c1c([2H])c([2H])c(-c2c([2H])c([2H])c([2H])c3oc4c([2H])c(-c5nc(-c6ccc(-c7ccccc7)cc6)nc(-c6cccc7c6oc6ccccc67)n5)c([2H])c([2H])c4c23)c([2H])c1[2H]. The average Bonchev–Trinajstić information content (AvgIpc) is 3.88. The molecule has 0 radical (unpaired) electrons. The number of hydrogen-bond donors (Lipinski definition) is 0. The van der Waals surface area contributed by atoms with Crippen molar-refractivity contribution < 1.29 is 23.9 Å². The summed E-state index contributed by atoms with van der Waals surface area (Å²) in [7, 11) is 0. The van der Waals surface area contributed by atoms with Gasteiger partial charge in [0, 0.05) is 32.7 Å². The molecule has 10 aromatic rings. The molecule has 0 aliphatic rings. The lowest BCUT2D eigenvalue weighted by Crippen LogP contribution is -2.00. The van der Waals surface area contributed by atoms with Gasteiger partial charge >= 0.3 is 0 Å². The fourth-order valence-electron chi connectivity index (χ4n) is 6.23. The van der Waals surface area contributed by atoms with Crippen LogP contribution in [0.3, 0.4) is 0 Å². The maximum atomic E-state index is 9.53. The van der Waals surface area contributed by atoms with Crippen LogP contribution in [-0.4, -0.2) is 15.0 Å². The second kappa shape index (κ2) is 11.4. The van der Waals surface area contributed by atoms with E-state index in [1.807, 2.05) is 91.0 Å². The predicted molar refractivity (Wildman–Crippen MR) is 202 cm³/mol. The number of nitrogens with zero attached hydrogens (tertiary/aromatic N) is 3. The second-order valence-electron chi connectivity index (χ2n) is 11.5. The van der Waals surface area contributed by atoms with Gasteiger partial charge in [-0.15, -0.1) is 0 Å². The molecule has 0 fully saturated rings. The Balaban J connectivity index is 1.26. The zero-order chi connectivity index (χ0) is 42.6. The van der Waals surface area contributed by atoms with Crippen LogP contribution in [0.25, 0.3) is 100 Å². The number of para-hydroxylation sites is 2. The fraction of sp³-hybridized carbons (Fsp3) is 0. The first-order chi connectivity index (χ1) is 29.3. The van der Waals surface area contributed by atoms with Crippen molar-refractivity contribution in [2.24, 2.45) is 0 Å². The van der Waals surface area contributed by atoms with Gasteiger partial charge in [-0.1, -0.05) is 133 Å². The summed E-state index contributed by atoms with van der Waals surface area (Å²) in [6.45, 7) is 0. The molecule has 3 aromatic heterocycles. The highest BCUT2D eigenvalue weighted by molar-refractivity contribution is 6.13. The molecule has 234 valence electrons. The average molecular weight is 653 g/mol. The fourth-order valence-corrected chi connectivity index (χ4v) is 6.23. The third kappa shape index (κ3) is 4.67. The van der Waals surface area contributed by atoms with Gasteiger partial charge in [0.05, 0.1) is 20.6 Å². The summed E-state index contributed by atoms with van der Waals surface area (Å²) in [5.41, 5.74) is 2.51. The van der Waals surface area contributed by atoms with Crippen LogP contribution in [0.4, 0.5) is 0 Å². The summed E-state index contributed by atoms with van der Waals surface area (Å²) in [5.74, 6) is 0.198. The number of furan rings is 2. The smallest absolute Gasteiger partial charge is 0.167 e. The van der Waals surface area contributed by atoms with Crippen molar-refractivity contribution in [3.8, 4) is 56.4 Å². The molecule has 10 rings (SSSR count). The molecule has 0 saturated heterocycles. The van der Waals surface area contributed by atoms with Crippen LogP contribution in [0.2, 0.25) is 0 Å². The van der Waals surface area contributed by atoms with Crippen molar-refractivity contribution in [1.82, 2.24) is 15.0 Å². The second-order valence-corrected chi connectivity index (χ2v) is 11.5. The lowest BCUT2D eigenvalue weighted by atomic mass is 9.99. The molecule has 3 heterocycles. The molecule has 0 bridgehead atoms. The highest BCUT2D eigenvalue weighted by Gasteiger charge is 2.19. The predicted octanol–water partition coefficient (Wildman–Crippen LogP) is 12.0. The van der Waals surface area contributed by atoms with Crippen molar-refractivity contribution >= 4 is 43.9 Å². The van der Waals surface area contributed by atoms with E-state index in [0.717, 1.165) is 21.9 Å². The third-order valence-corrected chi connectivity index (χ3v) is 8.58. The van der Waals surface area contributed by atoms with Crippen molar-refractivity contribution in [2.75, 3.05) is 0 Å². The molecule has 7 aromatic carbocycles. The highest BCUT2D eigenvalue weighted by atomic mass is 16.3. The highest BCUT2D eigenvalue weighted by Crippen LogP contribution is 2.39. The van der Waals surface area contributed by atoms with E-state index in [1.165, 1.54) is 0 Å². The molecule has 0 spiro atoms. The number of aromatic nitrogens is 3. The molecule has 0 unspecified atom stereocenters. The first kappa shape index (κ1) is 19.2. The molecular weight excluding hydrogens is 615 g/mol. The van der Waals surface area contributed by atoms with E-state index < -0.39 is 72.0 Å². The van der Waals surface area contributed by atoms with Crippen LogP contribution < -0.4 is 0 Å². The maximum absolute atomic E-state index is 9.53. The van der Waals surface area contributed by atoms with Gasteiger partial charge in [-0.2, -0.15) is 0 Å². The molecule has 5 heteroatoms. The van der Waals surface area contributed by atoms with Gasteiger partial charge in [0.25, 0.3) is 0 Å². The van der Waals surface area contributed by atoms with Crippen molar-refractivity contribution in [2.45, 2.75) is 0 Å². The van der Waals surface area contributed by atoms with Crippen LogP contribution in [0.1, 0.15) is 15.1 Å². The number of fused-ring (bicyclic) bond motifs is 6. The van der Waals surface area contributed by atoms with E-state index in [2.05, 4.69) is 0 Å². The van der Waals surface area contributed by atoms with Gasteiger partial charge in [0.1, 0.15) is 22.3 Å². The number of rotatable bonds is 5. The molecule has 0 amide bonds. The quantitative estimate of drug-likeness (QED) is 0.185. The van der Waals surface area contributed by atoms with Crippen LogP contribution in [0.5, 0.6) is 0 Å². The van der Waals surface area contributed by atoms with Crippen molar-refractivity contribution in [1.29, 1.82) is 0 Å². The summed E-state index contributed by atoms with van der Waals surface area (Å²) in [5, 5.41) is 1.28. The minimum Gasteiger partial charge on any atom is -0.456 e. The first-order valence-corrected chi connectivity index (χ1v) is 15.7. The largest absolute Gasteiger partial charge is 0.456 e. The lowest BCUT2D eigenvalue weighted by molar-refractivity contribution is 0.668.